The number of nitrogens with zero attached hydrogens (tertiary/aromatic N) is 3. The molecule has 33 heavy (non-hydrogen) atoms. The number of nitro benzene ring substituents is 1. The molecule has 1 amide bonds. The fourth-order valence-corrected chi connectivity index (χ4v) is 3.45. The van der Waals surface area contributed by atoms with Gasteiger partial charge in [-0.2, -0.15) is 11.8 Å². The molecule has 0 aliphatic carbocycles. The maximum absolute atomic E-state index is 12.6. The number of thioether (sulfide) groups is 1. The lowest BCUT2D eigenvalue weighted by Gasteiger charge is -2.17. The second kappa shape index (κ2) is 11.4. The van der Waals surface area contributed by atoms with Crippen LogP contribution in [0.4, 0.5) is 5.69 Å². The van der Waals surface area contributed by atoms with E-state index < -0.39 is 22.8 Å². The number of halogens is 1. The van der Waals surface area contributed by atoms with E-state index in [0.717, 1.165) is 0 Å². The molecule has 0 bridgehead atoms. The van der Waals surface area contributed by atoms with Crippen LogP contribution in [0.3, 0.4) is 0 Å². The summed E-state index contributed by atoms with van der Waals surface area (Å²) < 4.78 is 10.7. The van der Waals surface area contributed by atoms with Crippen molar-refractivity contribution in [2.24, 2.45) is 0 Å². The number of rotatable bonds is 10. The van der Waals surface area contributed by atoms with E-state index in [2.05, 4.69) is 15.5 Å². The van der Waals surface area contributed by atoms with Crippen molar-refractivity contribution in [3.8, 4) is 11.5 Å². The van der Waals surface area contributed by atoms with Crippen molar-refractivity contribution in [1.82, 2.24) is 15.5 Å². The summed E-state index contributed by atoms with van der Waals surface area (Å²) in [5.74, 6) is -0.353. The van der Waals surface area contributed by atoms with Crippen molar-refractivity contribution in [3.63, 3.8) is 0 Å². The molecule has 1 N–H and O–H groups in total. The van der Waals surface area contributed by atoms with Gasteiger partial charge in [-0.1, -0.05) is 23.7 Å². The molecule has 3 rings (SSSR count). The number of hydrogen-bond donors (Lipinski definition) is 1. The highest BCUT2D eigenvalue weighted by Crippen LogP contribution is 2.21. The third-order valence-corrected chi connectivity index (χ3v) is 5.42. The highest BCUT2D eigenvalue weighted by Gasteiger charge is 2.24. The van der Waals surface area contributed by atoms with Gasteiger partial charge in [0.2, 0.25) is 5.89 Å². The Hall–Kier alpha value is -3.44. The molecule has 2 aromatic carbocycles. The average Bonchev–Trinajstić information content (AvgIpc) is 3.29. The van der Waals surface area contributed by atoms with Gasteiger partial charge in [-0.05, 0) is 42.7 Å². The largest absolute Gasteiger partial charge is 0.454 e. The number of amides is 1. The lowest BCUT2D eigenvalue weighted by molar-refractivity contribution is -0.384. The zero-order valence-electron chi connectivity index (χ0n) is 17.4. The summed E-state index contributed by atoms with van der Waals surface area (Å²) >= 11 is 7.59. The quantitative estimate of drug-likeness (QED) is 0.255. The van der Waals surface area contributed by atoms with Gasteiger partial charge in [-0.25, -0.2) is 4.79 Å². The highest BCUT2D eigenvalue weighted by atomic mass is 35.5. The third-order valence-electron chi connectivity index (χ3n) is 4.45. The maximum Gasteiger partial charge on any atom is 0.329 e. The van der Waals surface area contributed by atoms with Crippen LogP contribution in [0.1, 0.15) is 22.7 Å². The molecule has 1 unspecified atom stereocenters. The molecule has 1 heterocycles. The minimum absolute atomic E-state index is 0.0396. The number of benzene rings is 2. The molecule has 172 valence electrons. The number of carbonyl (C=O) groups is 2. The molecular formula is C21H19ClN4O6S. The Morgan fingerprint density at radius 3 is 2.61 bits per heavy atom. The number of ether oxygens (including phenoxy) is 1. The van der Waals surface area contributed by atoms with E-state index in [1.54, 1.807) is 24.3 Å². The summed E-state index contributed by atoms with van der Waals surface area (Å²) in [6.07, 6.45) is 2.24. The Labute approximate surface area is 197 Å². The van der Waals surface area contributed by atoms with Crippen molar-refractivity contribution in [1.29, 1.82) is 0 Å². The van der Waals surface area contributed by atoms with Gasteiger partial charge in [0.1, 0.15) is 6.04 Å². The zero-order valence-corrected chi connectivity index (χ0v) is 19.0. The molecule has 0 aliphatic rings. The van der Waals surface area contributed by atoms with Gasteiger partial charge in [-0.3, -0.25) is 14.9 Å². The second-order valence-electron chi connectivity index (χ2n) is 6.70. The van der Waals surface area contributed by atoms with Crippen molar-refractivity contribution >= 4 is 40.9 Å². The lowest BCUT2D eigenvalue weighted by atomic mass is 10.1. The number of hydrogen-bond acceptors (Lipinski definition) is 9. The molecule has 3 aromatic rings. The van der Waals surface area contributed by atoms with Crippen molar-refractivity contribution in [3.05, 3.63) is 75.1 Å². The number of non-ortho nitro benzene ring substituents is 1. The minimum Gasteiger partial charge on any atom is -0.454 e. The summed E-state index contributed by atoms with van der Waals surface area (Å²) in [6, 6.07) is 11.2. The van der Waals surface area contributed by atoms with Crippen LogP contribution in [0.15, 0.2) is 52.9 Å². The highest BCUT2D eigenvalue weighted by molar-refractivity contribution is 7.98. The van der Waals surface area contributed by atoms with Crippen LogP contribution >= 0.6 is 23.4 Å². The first-order chi connectivity index (χ1) is 15.9. The number of nitrogens with one attached hydrogen (secondary N) is 1. The minimum atomic E-state index is -0.890. The molecule has 0 saturated carbocycles. The Morgan fingerprint density at radius 2 is 1.94 bits per heavy atom. The van der Waals surface area contributed by atoms with E-state index in [1.165, 1.54) is 36.0 Å². The first kappa shape index (κ1) is 24.2. The second-order valence-corrected chi connectivity index (χ2v) is 8.09. The molecule has 0 radical (unpaired) electrons. The van der Waals surface area contributed by atoms with Gasteiger partial charge in [0.25, 0.3) is 17.5 Å². The van der Waals surface area contributed by atoms with E-state index in [-0.39, 0.29) is 34.7 Å². The normalized spacial score (nSPS) is 11.6. The molecule has 10 nitrogen and oxygen atoms in total. The van der Waals surface area contributed by atoms with Gasteiger partial charge in [0.15, 0.2) is 6.61 Å². The fourth-order valence-electron chi connectivity index (χ4n) is 2.75. The van der Waals surface area contributed by atoms with E-state index in [4.69, 9.17) is 20.8 Å². The summed E-state index contributed by atoms with van der Waals surface area (Å²) in [5, 5.41) is 21.4. The topological polar surface area (TPSA) is 137 Å². The molecule has 0 aliphatic heterocycles. The number of esters is 1. The van der Waals surface area contributed by atoms with Crippen LogP contribution in [-0.2, 0) is 16.1 Å². The van der Waals surface area contributed by atoms with Gasteiger partial charge < -0.3 is 14.5 Å². The van der Waals surface area contributed by atoms with E-state index in [9.17, 15) is 19.7 Å². The molecule has 0 saturated heterocycles. The van der Waals surface area contributed by atoms with Crippen LogP contribution < -0.4 is 5.32 Å². The van der Waals surface area contributed by atoms with Crippen molar-refractivity contribution in [2.75, 3.05) is 12.0 Å². The van der Waals surface area contributed by atoms with Gasteiger partial charge >= 0.3 is 5.97 Å². The fraction of sp³-hybridized carbons (Fsp3) is 0.238. The molecule has 12 heteroatoms. The zero-order chi connectivity index (χ0) is 23.8. The van der Waals surface area contributed by atoms with Crippen LogP contribution in [0.2, 0.25) is 5.02 Å². The lowest BCUT2D eigenvalue weighted by Crippen LogP contribution is -2.42. The molecular weight excluding hydrogens is 472 g/mol. The summed E-state index contributed by atoms with van der Waals surface area (Å²) in [6.45, 7) is -0.295. The number of aromatic nitrogens is 2. The summed E-state index contributed by atoms with van der Waals surface area (Å²) in [4.78, 5) is 35.4. The maximum atomic E-state index is 12.6. The van der Waals surface area contributed by atoms with E-state index in [0.29, 0.717) is 17.7 Å². The van der Waals surface area contributed by atoms with Crippen LogP contribution in [0, 0.1) is 10.1 Å². The van der Waals surface area contributed by atoms with E-state index >= 15 is 0 Å². The monoisotopic (exact) mass is 490 g/mol. The predicted octanol–water partition coefficient (Wildman–Crippen LogP) is 3.89. The smallest absolute Gasteiger partial charge is 0.329 e. The van der Waals surface area contributed by atoms with Crippen molar-refractivity contribution in [2.45, 2.75) is 19.1 Å². The number of nitro groups is 1. The summed E-state index contributed by atoms with van der Waals surface area (Å²) in [7, 11) is 0. The number of carbonyl (C=O) groups excluding carboxylic acids is 2. The Morgan fingerprint density at radius 1 is 1.21 bits per heavy atom. The van der Waals surface area contributed by atoms with Crippen LogP contribution in [0.25, 0.3) is 11.5 Å². The first-order valence-electron chi connectivity index (χ1n) is 9.67. The Kier molecular flexibility index (Phi) is 8.39. The first-order valence-corrected chi connectivity index (χ1v) is 11.4. The average molecular weight is 491 g/mol. The molecule has 0 fully saturated rings. The SMILES string of the molecule is CSCCC(NC(=O)c1ccccc1Cl)C(=O)OCc1nnc(-c2ccc([N+](=O)[O-])cc2)o1. The van der Waals surface area contributed by atoms with Gasteiger partial charge in [-0.15, -0.1) is 10.2 Å². The van der Waals surface area contributed by atoms with Gasteiger partial charge in [0, 0.05) is 17.7 Å². The molecule has 0 spiro atoms. The Bertz CT molecular complexity index is 1140. The standard InChI is InChI=1S/C21H19ClN4O6S/c1-33-11-10-17(23-19(27)15-4-2-3-5-16(15)22)21(28)31-12-18-24-25-20(32-18)13-6-8-14(9-7-13)26(29)30/h2-9,17H,10-12H2,1H3,(H,23,27). The molecule has 1 aromatic heterocycles. The van der Waals surface area contributed by atoms with Crippen molar-refractivity contribution < 1.29 is 23.7 Å². The predicted molar refractivity (Wildman–Crippen MR) is 122 cm³/mol. The Balaban J connectivity index is 1.62. The summed E-state index contributed by atoms with van der Waals surface area (Å²) in [5.41, 5.74) is 0.670. The van der Waals surface area contributed by atoms with Crippen LogP contribution in [0.5, 0.6) is 0 Å². The van der Waals surface area contributed by atoms with Gasteiger partial charge in [0.05, 0.1) is 15.5 Å². The van der Waals surface area contributed by atoms with E-state index in [1.807, 2.05) is 6.26 Å². The van der Waals surface area contributed by atoms with Crippen LogP contribution in [-0.4, -0.2) is 45.0 Å². The third kappa shape index (κ3) is 6.53. The molecule has 1 atom stereocenters.